The first-order valence-corrected chi connectivity index (χ1v) is 9.37. The standard InChI is InChI=1S/C19H23N3O2S/c1-21(2)15-10-8-14(9-11-15)20-18(23)16-6-3-4-12-22(16)19(24)17-7-5-13-25-17/h5,7-11,13,16H,3-4,6,12H2,1-2H3,(H,20,23). The maximum absolute atomic E-state index is 12.8. The van der Waals surface area contributed by atoms with Crippen LogP contribution >= 0.6 is 11.3 Å². The van der Waals surface area contributed by atoms with Gasteiger partial charge in [-0.15, -0.1) is 11.3 Å². The van der Waals surface area contributed by atoms with E-state index in [9.17, 15) is 9.59 Å². The number of nitrogens with zero attached hydrogens (tertiary/aromatic N) is 2. The van der Waals surface area contributed by atoms with Crippen LogP contribution in [0, 0.1) is 0 Å². The Morgan fingerprint density at radius 3 is 2.56 bits per heavy atom. The predicted octanol–water partition coefficient (Wildman–Crippen LogP) is 3.45. The number of amides is 2. The monoisotopic (exact) mass is 357 g/mol. The van der Waals surface area contributed by atoms with Gasteiger partial charge in [-0.3, -0.25) is 9.59 Å². The maximum atomic E-state index is 12.8. The van der Waals surface area contributed by atoms with E-state index in [0.29, 0.717) is 17.8 Å². The molecule has 0 saturated carbocycles. The Morgan fingerprint density at radius 2 is 1.92 bits per heavy atom. The van der Waals surface area contributed by atoms with Gasteiger partial charge in [-0.05, 0) is 55.0 Å². The van der Waals surface area contributed by atoms with Gasteiger partial charge in [-0.25, -0.2) is 0 Å². The smallest absolute Gasteiger partial charge is 0.264 e. The minimum atomic E-state index is -0.406. The maximum Gasteiger partial charge on any atom is 0.264 e. The molecule has 1 atom stereocenters. The van der Waals surface area contributed by atoms with E-state index in [2.05, 4.69) is 5.32 Å². The second-order valence-electron chi connectivity index (χ2n) is 6.42. The first-order chi connectivity index (χ1) is 12.1. The van der Waals surface area contributed by atoms with Gasteiger partial charge in [0.2, 0.25) is 5.91 Å². The van der Waals surface area contributed by atoms with Crippen LogP contribution in [-0.2, 0) is 4.79 Å². The number of hydrogen-bond acceptors (Lipinski definition) is 4. The summed E-state index contributed by atoms with van der Waals surface area (Å²) in [5.41, 5.74) is 1.83. The summed E-state index contributed by atoms with van der Waals surface area (Å²) in [5, 5.41) is 4.85. The molecule has 1 N–H and O–H groups in total. The summed E-state index contributed by atoms with van der Waals surface area (Å²) in [7, 11) is 3.95. The summed E-state index contributed by atoms with van der Waals surface area (Å²) < 4.78 is 0. The number of nitrogens with one attached hydrogen (secondary N) is 1. The zero-order valence-corrected chi connectivity index (χ0v) is 15.4. The van der Waals surface area contributed by atoms with Gasteiger partial charge >= 0.3 is 0 Å². The van der Waals surface area contributed by atoms with Crippen molar-refractivity contribution < 1.29 is 9.59 Å². The summed E-state index contributed by atoms with van der Waals surface area (Å²) in [4.78, 5) is 29.9. The summed E-state index contributed by atoms with van der Waals surface area (Å²) in [6, 6.07) is 11.0. The van der Waals surface area contributed by atoms with Crippen molar-refractivity contribution in [1.82, 2.24) is 4.90 Å². The molecule has 2 amide bonds. The van der Waals surface area contributed by atoms with E-state index in [-0.39, 0.29) is 11.8 Å². The molecule has 6 heteroatoms. The van der Waals surface area contributed by atoms with Gasteiger partial charge in [-0.1, -0.05) is 6.07 Å². The average Bonchev–Trinajstić information content (AvgIpc) is 3.16. The normalized spacial score (nSPS) is 17.2. The Morgan fingerprint density at radius 1 is 1.16 bits per heavy atom. The van der Waals surface area contributed by atoms with Crippen molar-refractivity contribution in [3.8, 4) is 0 Å². The highest BCUT2D eigenvalue weighted by atomic mass is 32.1. The van der Waals surface area contributed by atoms with Gasteiger partial charge in [0.25, 0.3) is 5.91 Å². The molecule has 1 fully saturated rings. The molecule has 1 saturated heterocycles. The van der Waals surface area contributed by atoms with Crippen LogP contribution in [0.5, 0.6) is 0 Å². The van der Waals surface area contributed by atoms with Crippen molar-refractivity contribution >= 4 is 34.5 Å². The number of likely N-dealkylation sites (tertiary alicyclic amines) is 1. The number of thiophene rings is 1. The van der Waals surface area contributed by atoms with Gasteiger partial charge in [0, 0.05) is 32.0 Å². The number of piperidine rings is 1. The van der Waals surface area contributed by atoms with E-state index in [0.717, 1.165) is 24.2 Å². The zero-order valence-electron chi connectivity index (χ0n) is 14.6. The number of carbonyl (C=O) groups is 2. The van der Waals surface area contributed by atoms with E-state index in [4.69, 9.17) is 0 Å². The summed E-state index contributed by atoms with van der Waals surface area (Å²) in [6.45, 7) is 0.633. The van der Waals surface area contributed by atoms with Crippen LogP contribution in [0.3, 0.4) is 0 Å². The third kappa shape index (κ3) is 4.02. The lowest BCUT2D eigenvalue weighted by atomic mass is 10.0. The second kappa shape index (κ2) is 7.70. The highest BCUT2D eigenvalue weighted by Gasteiger charge is 2.33. The molecule has 1 aliphatic heterocycles. The molecule has 0 aliphatic carbocycles. The zero-order chi connectivity index (χ0) is 17.8. The van der Waals surface area contributed by atoms with Crippen molar-refractivity contribution in [2.75, 3.05) is 30.9 Å². The van der Waals surface area contributed by atoms with Crippen LogP contribution in [0.25, 0.3) is 0 Å². The molecule has 0 spiro atoms. The molecule has 5 nitrogen and oxygen atoms in total. The lowest BCUT2D eigenvalue weighted by molar-refractivity contribution is -0.121. The van der Waals surface area contributed by atoms with Crippen LogP contribution in [0.15, 0.2) is 41.8 Å². The van der Waals surface area contributed by atoms with Crippen molar-refractivity contribution in [3.63, 3.8) is 0 Å². The summed E-state index contributed by atoms with van der Waals surface area (Å²) in [6.07, 6.45) is 2.61. The third-order valence-electron chi connectivity index (χ3n) is 4.45. The van der Waals surface area contributed by atoms with Crippen molar-refractivity contribution in [2.24, 2.45) is 0 Å². The second-order valence-corrected chi connectivity index (χ2v) is 7.37. The topological polar surface area (TPSA) is 52.7 Å². The highest BCUT2D eigenvalue weighted by molar-refractivity contribution is 7.12. The fourth-order valence-corrected chi connectivity index (χ4v) is 3.74. The quantitative estimate of drug-likeness (QED) is 0.912. The molecule has 25 heavy (non-hydrogen) atoms. The Labute approximate surface area is 152 Å². The van der Waals surface area contributed by atoms with Gasteiger partial charge in [0.1, 0.15) is 6.04 Å². The average molecular weight is 357 g/mol. The number of benzene rings is 1. The largest absolute Gasteiger partial charge is 0.378 e. The lowest BCUT2D eigenvalue weighted by Gasteiger charge is -2.34. The van der Waals surface area contributed by atoms with Crippen LogP contribution in [0.4, 0.5) is 11.4 Å². The number of rotatable bonds is 4. The van der Waals surface area contributed by atoms with Gasteiger partial charge < -0.3 is 15.1 Å². The number of carbonyl (C=O) groups excluding carboxylic acids is 2. The van der Waals surface area contributed by atoms with Crippen molar-refractivity contribution in [1.29, 1.82) is 0 Å². The van der Waals surface area contributed by atoms with Gasteiger partial charge in [-0.2, -0.15) is 0 Å². The lowest BCUT2D eigenvalue weighted by Crippen LogP contribution is -2.49. The summed E-state index contributed by atoms with van der Waals surface area (Å²) in [5.74, 6) is -0.153. The molecule has 1 aliphatic rings. The van der Waals surface area contributed by atoms with Crippen LogP contribution < -0.4 is 10.2 Å². The fraction of sp³-hybridized carbons (Fsp3) is 0.368. The van der Waals surface area contributed by atoms with Crippen LogP contribution in [-0.4, -0.2) is 43.4 Å². The third-order valence-corrected chi connectivity index (χ3v) is 5.31. The first-order valence-electron chi connectivity index (χ1n) is 8.49. The first kappa shape index (κ1) is 17.5. The molecule has 1 aromatic heterocycles. The SMILES string of the molecule is CN(C)c1ccc(NC(=O)C2CCCCN2C(=O)c2cccs2)cc1. The fourth-order valence-electron chi connectivity index (χ4n) is 3.06. The van der Waals surface area contributed by atoms with E-state index in [1.165, 1.54) is 11.3 Å². The minimum absolute atomic E-state index is 0.0437. The van der Waals surface area contributed by atoms with E-state index < -0.39 is 6.04 Å². The number of anilines is 2. The molecule has 1 unspecified atom stereocenters. The van der Waals surface area contributed by atoms with Crippen LogP contribution in [0.2, 0.25) is 0 Å². The molecule has 3 rings (SSSR count). The molecule has 132 valence electrons. The molecule has 2 aromatic rings. The van der Waals surface area contributed by atoms with Crippen molar-refractivity contribution in [2.45, 2.75) is 25.3 Å². The molecular weight excluding hydrogens is 334 g/mol. The Balaban J connectivity index is 1.71. The van der Waals surface area contributed by atoms with E-state index >= 15 is 0 Å². The summed E-state index contributed by atoms with van der Waals surface area (Å²) >= 11 is 1.42. The molecule has 1 aromatic carbocycles. The number of hydrogen-bond donors (Lipinski definition) is 1. The Hall–Kier alpha value is -2.34. The molecule has 2 heterocycles. The van der Waals surface area contributed by atoms with Crippen molar-refractivity contribution in [3.05, 3.63) is 46.7 Å². The molecular formula is C19H23N3O2S. The van der Waals surface area contributed by atoms with E-state index in [1.807, 2.05) is 60.8 Å². The van der Waals surface area contributed by atoms with Crippen LogP contribution in [0.1, 0.15) is 28.9 Å². The Bertz CT molecular complexity index is 726. The highest BCUT2D eigenvalue weighted by Crippen LogP contribution is 2.23. The van der Waals surface area contributed by atoms with Gasteiger partial charge in [0.15, 0.2) is 0 Å². The van der Waals surface area contributed by atoms with E-state index in [1.54, 1.807) is 4.90 Å². The van der Waals surface area contributed by atoms with Gasteiger partial charge in [0.05, 0.1) is 4.88 Å². The minimum Gasteiger partial charge on any atom is -0.378 e. The predicted molar refractivity (Wildman–Crippen MR) is 102 cm³/mol. The Kier molecular flexibility index (Phi) is 5.38. The molecule has 0 bridgehead atoms. The molecule has 0 radical (unpaired) electrons.